The number of halogens is 1. The average Bonchev–Trinajstić information content (AvgIpc) is 3.41. The number of phenols is 1. The molecule has 204 valence electrons. The molecule has 0 spiro atoms. The molecule has 1 N–H and O–H groups in total. The summed E-state index contributed by atoms with van der Waals surface area (Å²) < 4.78 is 13.4. The van der Waals surface area contributed by atoms with Gasteiger partial charge in [0.1, 0.15) is 11.9 Å². The summed E-state index contributed by atoms with van der Waals surface area (Å²) in [5.41, 5.74) is 0.426. The van der Waals surface area contributed by atoms with Crippen LogP contribution in [0.2, 0.25) is 0 Å². The van der Waals surface area contributed by atoms with Crippen molar-refractivity contribution in [2.45, 2.75) is 58.8 Å². The van der Waals surface area contributed by atoms with Crippen LogP contribution in [0.4, 0.5) is 10.2 Å². The number of fused-ring (bicyclic) bond motifs is 2. The first kappa shape index (κ1) is 28.5. The highest BCUT2D eigenvalue weighted by molar-refractivity contribution is 8.17. The van der Waals surface area contributed by atoms with Crippen molar-refractivity contribution in [3.63, 3.8) is 0 Å². The molecule has 9 nitrogen and oxygen atoms in total. The molecule has 4 atom stereocenters. The zero-order valence-corrected chi connectivity index (χ0v) is 25.7. The smallest absolute Gasteiger partial charge is 0.213 e. The van der Waals surface area contributed by atoms with E-state index in [4.69, 9.17) is 0 Å². The molecule has 5 rings (SSSR count). The number of nitrogens with zero attached hydrogens (tertiary/aromatic N) is 8. The monoisotopic (exact) mass is 630 g/mol. The van der Waals surface area contributed by atoms with E-state index in [2.05, 4.69) is 113 Å². The molecule has 0 saturated heterocycles. The second-order valence-corrected chi connectivity index (χ2v) is 16.7. The third-order valence-corrected chi connectivity index (χ3v) is 8.65. The molecule has 2 aliphatic carbocycles. The lowest BCUT2D eigenvalue weighted by Crippen LogP contribution is -2.57. The predicted molar refractivity (Wildman–Crippen MR) is 164 cm³/mol. The zero-order chi connectivity index (χ0) is 27.7. The molecule has 2 saturated carbocycles. The first-order valence-electron chi connectivity index (χ1n) is 11.7. The maximum Gasteiger partial charge on any atom is 0.213 e. The van der Waals surface area contributed by atoms with Crippen LogP contribution in [0.1, 0.15) is 39.5 Å². The minimum absolute atomic E-state index is 0.0173. The Morgan fingerprint density at radius 1 is 1.05 bits per heavy atom. The maximum atomic E-state index is 15.9. The topological polar surface area (TPSA) is 106 Å². The van der Waals surface area contributed by atoms with Crippen molar-refractivity contribution in [2.75, 3.05) is 4.90 Å². The highest BCUT2D eigenvalue weighted by atomic mass is 32.2. The van der Waals surface area contributed by atoms with Gasteiger partial charge in [-0.05, 0) is 48.4 Å². The van der Waals surface area contributed by atoms with Gasteiger partial charge in [0, 0.05) is 11.0 Å². The number of aromatic hydroxyl groups is 1. The van der Waals surface area contributed by atoms with Gasteiger partial charge in [0.15, 0.2) is 15.2 Å². The molecule has 2 bridgehead atoms. The minimum atomic E-state index is -1.31. The number of hydrogen-bond donors (Lipinski definition) is 7. The van der Waals surface area contributed by atoms with Gasteiger partial charge in [-0.15, -0.1) is 101 Å². The summed E-state index contributed by atoms with van der Waals surface area (Å²) in [4.78, 5) is 7.17. The standard InChI is InChI=1S/C22H27FN8OS6/c1-19-5-6-20(2,10-19)16(23)13(8-19)30(21(33,34)35)15-9-24-18(26-25-15)12-4-3-11(7-14(12)32)17-27-29-31(28-17)22(36,37)38/h3-4,7,9,13,16,32-38H,5-6,8,10H2,1-2H3/t13-,16-,19-,20-/m1/s1. The van der Waals surface area contributed by atoms with Crippen LogP contribution in [-0.4, -0.2) is 56.2 Å². The van der Waals surface area contributed by atoms with E-state index in [0.717, 1.165) is 24.1 Å². The van der Waals surface area contributed by atoms with Crippen LogP contribution in [0.3, 0.4) is 0 Å². The number of rotatable bonds is 6. The number of thiol groups is 6. The molecule has 1 aromatic carbocycles. The van der Waals surface area contributed by atoms with Crippen LogP contribution >= 0.6 is 75.8 Å². The molecule has 0 amide bonds. The molecular weight excluding hydrogens is 604 g/mol. The molecule has 0 unspecified atom stereocenters. The molecular formula is C22H27FN8OS6. The highest BCUT2D eigenvalue weighted by Gasteiger charge is 2.58. The number of tetrazole rings is 1. The Labute approximate surface area is 252 Å². The van der Waals surface area contributed by atoms with Crippen LogP contribution in [0.25, 0.3) is 22.8 Å². The quantitative estimate of drug-likeness (QED) is 0.154. The third kappa shape index (κ3) is 5.32. The number of benzene rings is 1. The molecule has 0 aliphatic heterocycles. The molecule has 16 heteroatoms. The van der Waals surface area contributed by atoms with E-state index in [-0.39, 0.29) is 22.8 Å². The predicted octanol–water partition coefficient (Wildman–Crippen LogP) is 4.77. The Morgan fingerprint density at radius 2 is 1.79 bits per heavy atom. The van der Waals surface area contributed by atoms with Crippen LogP contribution in [0.5, 0.6) is 5.75 Å². The molecule has 2 aromatic heterocycles. The lowest BCUT2D eigenvalue weighted by atomic mass is 9.67. The summed E-state index contributed by atoms with van der Waals surface area (Å²) in [6.45, 7) is 4.21. The van der Waals surface area contributed by atoms with E-state index < -0.39 is 24.7 Å². The van der Waals surface area contributed by atoms with E-state index in [0.29, 0.717) is 23.4 Å². The molecule has 0 radical (unpaired) electrons. The molecule has 2 fully saturated rings. The van der Waals surface area contributed by atoms with Crippen molar-refractivity contribution in [2.24, 2.45) is 10.8 Å². The molecule has 3 aromatic rings. The van der Waals surface area contributed by atoms with Gasteiger partial charge in [-0.1, -0.05) is 19.9 Å². The Hall–Kier alpha value is -1.07. The van der Waals surface area contributed by atoms with Gasteiger partial charge in [-0.3, -0.25) is 0 Å². The van der Waals surface area contributed by atoms with Crippen molar-refractivity contribution in [1.82, 2.24) is 35.4 Å². The summed E-state index contributed by atoms with van der Waals surface area (Å²) in [6.07, 6.45) is 3.61. The summed E-state index contributed by atoms with van der Waals surface area (Å²) in [5.74, 6) is 0.604. The lowest BCUT2D eigenvalue weighted by Gasteiger charge is -2.50. The SMILES string of the molecule is C[C@]12CC[C@](C)(C1)[C@H](F)[C@H](N(c1cnc(-c3ccc(-c4nnn(C(S)(S)S)n4)cc3O)nn1)C(S)(S)S)C2. The number of hydrogen-bond acceptors (Lipinski definition) is 14. The van der Waals surface area contributed by atoms with Gasteiger partial charge in [-0.25, -0.2) is 9.37 Å². The first-order valence-corrected chi connectivity index (χ1v) is 14.4. The normalized spacial score (nSPS) is 27.5. The second kappa shape index (κ2) is 9.79. The maximum absolute atomic E-state index is 15.9. The van der Waals surface area contributed by atoms with E-state index in [1.807, 2.05) is 6.92 Å². The fourth-order valence-electron chi connectivity index (χ4n) is 5.81. The third-order valence-electron chi connectivity index (χ3n) is 7.47. The van der Waals surface area contributed by atoms with Crippen molar-refractivity contribution < 1.29 is 9.50 Å². The molecule has 38 heavy (non-hydrogen) atoms. The molecule has 2 heterocycles. The van der Waals surface area contributed by atoms with Crippen LogP contribution < -0.4 is 4.90 Å². The van der Waals surface area contributed by atoms with Crippen molar-refractivity contribution in [1.29, 1.82) is 0 Å². The summed E-state index contributed by atoms with van der Waals surface area (Å²) >= 11 is 26.1. The lowest BCUT2D eigenvalue weighted by molar-refractivity contribution is 0.0366. The Kier molecular flexibility index (Phi) is 7.33. The second-order valence-electron chi connectivity index (χ2n) is 10.7. The van der Waals surface area contributed by atoms with Crippen LogP contribution in [0.15, 0.2) is 24.4 Å². The van der Waals surface area contributed by atoms with E-state index in [1.165, 1.54) is 12.3 Å². The largest absolute Gasteiger partial charge is 0.507 e. The summed E-state index contributed by atoms with van der Waals surface area (Å²) in [6, 6.07) is 4.22. The van der Waals surface area contributed by atoms with Crippen molar-refractivity contribution in [3.05, 3.63) is 24.4 Å². The van der Waals surface area contributed by atoms with Gasteiger partial charge in [0.2, 0.25) is 9.36 Å². The fraction of sp³-hybridized carbons (Fsp3) is 0.545. The van der Waals surface area contributed by atoms with Crippen molar-refractivity contribution >= 4 is 81.6 Å². The van der Waals surface area contributed by atoms with Crippen LogP contribution in [-0.2, 0) is 3.54 Å². The Morgan fingerprint density at radius 3 is 2.37 bits per heavy atom. The van der Waals surface area contributed by atoms with Gasteiger partial charge < -0.3 is 10.0 Å². The summed E-state index contributed by atoms with van der Waals surface area (Å²) in [5, 5.41) is 31.3. The number of alkyl halides is 1. The van der Waals surface area contributed by atoms with Gasteiger partial charge in [0.25, 0.3) is 0 Å². The van der Waals surface area contributed by atoms with E-state index >= 15 is 4.39 Å². The fourth-order valence-corrected chi connectivity index (χ4v) is 6.82. The van der Waals surface area contributed by atoms with E-state index in [9.17, 15) is 5.11 Å². The summed E-state index contributed by atoms with van der Waals surface area (Å²) in [7, 11) is 0. The average molecular weight is 631 g/mol. The number of aromatic nitrogens is 7. The van der Waals surface area contributed by atoms with Crippen molar-refractivity contribution in [3.8, 4) is 28.5 Å². The van der Waals surface area contributed by atoms with Crippen LogP contribution in [0, 0.1) is 10.8 Å². The van der Waals surface area contributed by atoms with E-state index in [1.54, 1.807) is 17.0 Å². The van der Waals surface area contributed by atoms with Gasteiger partial charge in [-0.2, -0.15) is 0 Å². The minimum Gasteiger partial charge on any atom is -0.507 e. The Bertz CT molecular complexity index is 1350. The number of anilines is 1. The molecule has 2 aliphatic rings. The highest BCUT2D eigenvalue weighted by Crippen LogP contribution is 2.61. The zero-order valence-electron chi connectivity index (χ0n) is 20.4. The Balaban J connectivity index is 1.43. The number of phenolic OH excluding ortho intramolecular Hbond substituents is 1. The van der Waals surface area contributed by atoms with Gasteiger partial charge in [0.05, 0.1) is 17.8 Å². The first-order chi connectivity index (χ1) is 17.6. The van der Waals surface area contributed by atoms with Gasteiger partial charge >= 0.3 is 0 Å².